The zero-order valence-electron chi connectivity index (χ0n) is 19.7. The molecule has 1 aliphatic rings. The molecule has 0 heterocycles. The Kier molecular flexibility index (Phi) is 8.23. The molecule has 1 N–H and O–H groups in total. The van der Waals surface area contributed by atoms with Crippen LogP contribution in [-0.4, -0.2) is 29.7 Å². The van der Waals surface area contributed by atoms with Gasteiger partial charge in [0.15, 0.2) is 0 Å². The second-order valence-electron chi connectivity index (χ2n) is 8.76. The van der Waals surface area contributed by atoms with E-state index in [1.54, 1.807) is 60.7 Å². The summed E-state index contributed by atoms with van der Waals surface area (Å²) in [5.41, 5.74) is 1.68. The van der Waals surface area contributed by atoms with E-state index in [0.29, 0.717) is 5.69 Å². The molecule has 178 valence electrons. The second-order valence-corrected chi connectivity index (χ2v) is 8.76. The minimum atomic E-state index is -0.986. The van der Waals surface area contributed by atoms with Crippen molar-refractivity contribution in [3.63, 3.8) is 0 Å². The number of hydrogen-bond acceptors (Lipinski definition) is 3. The lowest BCUT2D eigenvalue weighted by molar-refractivity contribution is -0.124. The van der Waals surface area contributed by atoms with E-state index in [1.165, 1.54) is 11.3 Å². The van der Waals surface area contributed by atoms with E-state index in [-0.39, 0.29) is 17.5 Å². The fourth-order valence-electron chi connectivity index (χ4n) is 4.41. The van der Waals surface area contributed by atoms with Crippen LogP contribution in [-0.2, 0) is 9.59 Å². The summed E-state index contributed by atoms with van der Waals surface area (Å²) in [5, 5.41) is 3.14. The molecular formula is C30H30N2O3. The Morgan fingerprint density at radius 2 is 1.34 bits per heavy atom. The Balaban J connectivity index is 1.72. The summed E-state index contributed by atoms with van der Waals surface area (Å²) in [5.74, 6) is -1.69. The van der Waals surface area contributed by atoms with Gasteiger partial charge in [-0.15, -0.1) is 0 Å². The molecule has 0 saturated heterocycles. The summed E-state index contributed by atoms with van der Waals surface area (Å²) < 4.78 is 0. The van der Waals surface area contributed by atoms with Gasteiger partial charge in [0.25, 0.3) is 11.7 Å². The predicted octanol–water partition coefficient (Wildman–Crippen LogP) is 5.43. The van der Waals surface area contributed by atoms with Gasteiger partial charge in [0.2, 0.25) is 5.91 Å². The molecular weight excluding hydrogens is 436 g/mol. The molecule has 0 aromatic heterocycles. The number of Topliss-reactive ketones (excluding diaryl/α,β-unsaturated/α-hetero) is 1. The van der Waals surface area contributed by atoms with E-state index in [1.807, 2.05) is 42.5 Å². The van der Waals surface area contributed by atoms with E-state index in [0.717, 1.165) is 31.2 Å². The molecule has 0 spiro atoms. The number of benzene rings is 3. The average Bonchev–Trinajstić information content (AvgIpc) is 2.92. The first-order valence-corrected chi connectivity index (χ1v) is 12.1. The molecule has 1 fully saturated rings. The van der Waals surface area contributed by atoms with Crippen LogP contribution in [0.15, 0.2) is 97.1 Å². The number of rotatable bonds is 8. The van der Waals surface area contributed by atoms with Gasteiger partial charge >= 0.3 is 0 Å². The number of carbonyl (C=O) groups excluding carboxylic acids is 3. The van der Waals surface area contributed by atoms with E-state index < -0.39 is 17.7 Å². The first kappa shape index (κ1) is 24.1. The van der Waals surface area contributed by atoms with Crippen molar-refractivity contribution in [3.05, 3.63) is 108 Å². The maximum Gasteiger partial charge on any atom is 0.300 e. The molecule has 0 aliphatic heterocycles. The van der Waals surface area contributed by atoms with Crippen LogP contribution in [0, 0.1) is 0 Å². The number of amides is 2. The van der Waals surface area contributed by atoms with Crippen LogP contribution < -0.4 is 10.2 Å². The molecule has 1 aliphatic carbocycles. The highest BCUT2D eigenvalue weighted by atomic mass is 16.2. The van der Waals surface area contributed by atoms with Crippen molar-refractivity contribution in [3.8, 4) is 0 Å². The Labute approximate surface area is 206 Å². The molecule has 35 heavy (non-hydrogen) atoms. The van der Waals surface area contributed by atoms with E-state index >= 15 is 0 Å². The van der Waals surface area contributed by atoms with Crippen LogP contribution in [0.4, 0.5) is 5.69 Å². The van der Waals surface area contributed by atoms with Crippen molar-refractivity contribution in [2.45, 2.75) is 44.2 Å². The molecule has 5 heteroatoms. The van der Waals surface area contributed by atoms with Crippen molar-refractivity contribution < 1.29 is 14.4 Å². The molecule has 3 aromatic rings. The number of anilines is 1. The van der Waals surface area contributed by atoms with Gasteiger partial charge in [0.1, 0.15) is 6.04 Å². The Morgan fingerprint density at radius 1 is 0.771 bits per heavy atom. The molecule has 0 radical (unpaired) electrons. The smallest absolute Gasteiger partial charge is 0.300 e. The van der Waals surface area contributed by atoms with Crippen LogP contribution in [0.2, 0.25) is 0 Å². The summed E-state index contributed by atoms with van der Waals surface area (Å²) >= 11 is 0. The number of para-hydroxylation sites is 1. The molecule has 2 amide bonds. The Hall–Kier alpha value is -3.99. The quantitative estimate of drug-likeness (QED) is 0.355. The third-order valence-electron chi connectivity index (χ3n) is 6.25. The topological polar surface area (TPSA) is 66.5 Å². The minimum absolute atomic E-state index is 0.0708. The van der Waals surface area contributed by atoms with Gasteiger partial charge in [0, 0.05) is 17.3 Å². The average molecular weight is 467 g/mol. The van der Waals surface area contributed by atoms with Crippen LogP contribution >= 0.6 is 0 Å². The Morgan fingerprint density at radius 3 is 1.97 bits per heavy atom. The summed E-state index contributed by atoms with van der Waals surface area (Å²) in [6.07, 6.45) is 8.68. The standard InChI is InChI=1S/C30H30N2O3/c33-28(24-15-7-2-8-16-24)30(35)32(26-19-11-4-12-20-26)27(22-21-23-13-5-1-6-14-23)29(34)31-25-17-9-3-10-18-25/h1-2,4-8,11-16,19-22,25,27H,3,9-10,17-18H2,(H,31,34)/b22-21+. The second kappa shape index (κ2) is 11.9. The third-order valence-corrected chi connectivity index (χ3v) is 6.25. The molecule has 1 saturated carbocycles. The maximum absolute atomic E-state index is 13.7. The predicted molar refractivity (Wildman–Crippen MR) is 139 cm³/mol. The summed E-state index contributed by atoms with van der Waals surface area (Å²) in [4.78, 5) is 41.8. The third kappa shape index (κ3) is 6.33. The van der Waals surface area contributed by atoms with Gasteiger partial charge < -0.3 is 5.32 Å². The number of nitrogens with zero attached hydrogens (tertiary/aromatic N) is 1. The monoisotopic (exact) mass is 466 g/mol. The number of hydrogen-bond donors (Lipinski definition) is 1. The zero-order chi connectivity index (χ0) is 24.5. The molecule has 3 aromatic carbocycles. The lowest BCUT2D eigenvalue weighted by atomic mass is 9.95. The lowest BCUT2D eigenvalue weighted by Crippen LogP contribution is -2.53. The first-order chi connectivity index (χ1) is 17.1. The molecule has 4 rings (SSSR count). The van der Waals surface area contributed by atoms with Crippen molar-refractivity contribution in [1.82, 2.24) is 5.32 Å². The Bertz CT molecular complexity index is 1150. The fraction of sp³-hybridized carbons (Fsp3) is 0.233. The highest BCUT2D eigenvalue weighted by Gasteiger charge is 2.34. The summed E-state index contributed by atoms with van der Waals surface area (Å²) in [7, 11) is 0. The van der Waals surface area contributed by atoms with Crippen molar-refractivity contribution in [1.29, 1.82) is 0 Å². The molecule has 0 bridgehead atoms. The fourth-order valence-corrected chi connectivity index (χ4v) is 4.41. The van der Waals surface area contributed by atoms with E-state index in [2.05, 4.69) is 5.32 Å². The van der Waals surface area contributed by atoms with Gasteiger partial charge in [-0.3, -0.25) is 19.3 Å². The molecule has 1 unspecified atom stereocenters. The maximum atomic E-state index is 13.7. The van der Waals surface area contributed by atoms with E-state index in [9.17, 15) is 14.4 Å². The number of carbonyl (C=O) groups is 3. The normalized spacial score (nSPS) is 14.9. The van der Waals surface area contributed by atoms with Gasteiger partial charge in [-0.05, 0) is 30.5 Å². The minimum Gasteiger partial charge on any atom is -0.351 e. The van der Waals surface area contributed by atoms with Gasteiger partial charge in [-0.1, -0.05) is 110 Å². The summed E-state index contributed by atoms with van der Waals surface area (Å²) in [6, 6.07) is 26.0. The largest absolute Gasteiger partial charge is 0.351 e. The molecule has 5 nitrogen and oxygen atoms in total. The van der Waals surface area contributed by atoms with Gasteiger partial charge in [-0.25, -0.2) is 0 Å². The SMILES string of the molecule is O=C(C(=O)N(c1ccccc1)C(/C=C/c1ccccc1)C(=O)NC1CCCCC1)c1ccccc1. The van der Waals surface area contributed by atoms with Crippen LogP contribution in [0.5, 0.6) is 0 Å². The number of ketones is 1. The first-order valence-electron chi connectivity index (χ1n) is 12.1. The van der Waals surface area contributed by atoms with Crippen molar-refractivity contribution in [2.75, 3.05) is 4.90 Å². The number of nitrogens with one attached hydrogen (secondary N) is 1. The van der Waals surface area contributed by atoms with Gasteiger partial charge in [-0.2, -0.15) is 0 Å². The van der Waals surface area contributed by atoms with Crippen LogP contribution in [0.25, 0.3) is 6.08 Å². The van der Waals surface area contributed by atoms with Crippen LogP contribution in [0.1, 0.15) is 48.0 Å². The molecule has 1 atom stereocenters. The van der Waals surface area contributed by atoms with Crippen molar-refractivity contribution in [2.24, 2.45) is 0 Å². The van der Waals surface area contributed by atoms with E-state index in [4.69, 9.17) is 0 Å². The highest BCUT2D eigenvalue weighted by Crippen LogP contribution is 2.22. The lowest BCUT2D eigenvalue weighted by Gasteiger charge is -2.31. The summed E-state index contributed by atoms with van der Waals surface area (Å²) in [6.45, 7) is 0. The highest BCUT2D eigenvalue weighted by molar-refractivity contribution is 6.47. The van der Waals surface area contributed by atoms with Crippen LogP contribution in [0.3, 0.4) is 0 Å². The van der Waals surface area contributed by atoms with Gasteiger partial charge in [0.05, 0.1) is 0 Å². The zero-order valence-corrected chi connectivity index (χ0v) is 19.7. The van der Waals surface area contributed by atoms with Crippen molar-refractivity contribution >= 4 is 29.4 Å².